The van der Waals surface area contributed by atoms with Gasteiger partial charge in [0, 0.05) is 5.69 Å². The third-order valence-electron chi connectivity index (χ3n) is 5.82. The maximum Gasteiger partial charge on any atom is 0.287 e. The summed E-state index contributed by atoms with van der Waals surface area (Å²) in [7, 11) is 0. The number of nitrogens with zero attached hydrogens (tertiary/aromatic N) is 1. The Kier molecular flexibility index (Phi) is 7.65. The molecule has 0 spiro atoms. The molecule has 0 fully saturated rings. The van der Waals surface area contributed by atoms with Crippen LogP contribution in [0.2, 0.25) is 0 Å². The van der Waals surface area contributed by atoms with E-state index in [1.165, 1.54) is 23.5 Å². The summed E-state index contributed by atoms with van der Waals surface area (Å²) in [6.07, 6.45) is 2.91. The van der Waals surface area contributed by atoms with Crippen molar-refractivity contribution in [3.63, 3.8) is 0 Å². The Bertz CT molecular complexity index is 1310. The maximum atomic E-state index is 13.6. The number of aryl methyl sites for hydroxylation is 2. The summed E-state index contributed by atoms with van der Waals surface area (Å²) < 4.78 is 10.5. The maximum absolute atomic E-state index is 13.6. The normalized spacial score (nSPS) is 11.5. The number of amides is 3. The second-order valence-electron chi connectivity index (χ2n) is 8.30. The summed E-state index contributed by atoms with van der Waals surface area (Å²) in [6.45, 7) is 3.74. The minimum atomic E-state index is -0.990. The average molecular weight is 486 g/mol. The molecule has 0 saturated carbocycles. The van der Waals surface area contributed by atoms with Gasteiger partial charge in [-0.05, 0) is 66.9 Å². The lowest BCUT2D eigenvalue weighted by Crippen LogP contribution is -2.47. The van der Waals surface area contributed by atoms with E-state index in [0.29, 0.717) is 17.0 Å². The van der Waals surface area contributed by atoms with E-state index in [1.807, 2.05) is 44.2 Å². The van der Waals surface area contributed by atoms with Gasteiger partial charge in [-0.1, -0.05) is 36.4 Å². The monoisotopic (exact) mass is 485 g/mol. The first-order valence-electron chi connectivity index (χ1n) is 11.5. The Morgan fingerprint density at radius 2 is 1.58 bits per heavy atom. The number of hydrogen-bond donors (Lipinski definition) is 2. The van der Waals surface area contributed by atoms with E-state index in [4.69, 9.17) is 8.83 Å². The van der Waals surface area contributed by atoms with Crippen LogP contribution in [0.15, 0.2) is 94.2 Å². The Morgan fingerprint density at radius 1 is 0.833 bits per heavy atom. The number of rotatable bonds is 9. The Labute approximate surface area is 208 Å². The highest BCUT2D eigenvalue weighted by Gasteiger charge is 2.33. The van der Waals surface area contributed by atoms with E-state index in [1.54, 1.807) is 36.4 Å². The summed E-state index contributed by atoms with van der Waals surface area (Å²) >= 11 is 0. The number of hydrogen-bond acceptors (Lipinski definition) is 5. The van der Waals surface area contributed by atoms with Crippen molar-refractivity contribution in [2.24, 2.45) is 0 Å². The van der Waals surface area contributed by atoms with Gasteiger partial charge in [-0.3, -0.25) is 19.3 Å². The highest BCUT2D eigenvalue weighted by atomic mass is 16.3. The quantitative estimate of drug-likeness (QED) is 0.368. The molecular formula is C28H27N3O5. The molecule has 0 radical (unpaired) electrons. The van der Waals surface area contributed by atoms with Crippen molar-refractivity contribution in [2.45, 2.75) is 26.4 Å². The second kappa shape index (κ2) is 11.2. The Morgan fingerprint density at radius 3 is 2.25 bits per heavy atom. The summed E-state index contributed by atoms with van der Waals surface area (Å²) in [6, 6.07) is 20.2. The lowest BCUT2D eigenvalue weighted by molar-refractivity contribution is -0.126. The van der Waals surface area contributed by atoms with E-state index in [-0.39, 0.29) is 24.8 Å². The van der Waals surface area contributed by atoms with E-state index < -0.39 is 17.9 Å². The van der Waals surface area contributed by atoms with Crippen LogP contribution in [-0.4, -0.2) is 24.3 Å². The molecule has 184 valence electrons. The smallest absolute Gasteiger partial charge is 0.287 e. The molecule has 0 aliphatic carbocycles. The molecule has 1 atom stereocenters. The fourth-order valence-electron chi connectivity index (χ4n) is 3.79. The topological polar surface area (TPSA) is 105 Å². The third kappa shape index (κ3) is 5.72. The van der Waals surface area contributed by atoms with Gasteiger partial charge in [0.05, 0.1) is 25.6 Å². The van der Waals surface area contributed by atoms with Crippen LogP contribution in [0.5, 0.6) is 0 Å². The molecule has 8 nitrogen and oxygen atoms in total. The molecule has 8 heteroatoms. The average Bonchev–Trinajstić information content (AvgIpc) is 3.61. The molecule has 36 heavy (non-hydrogen) atoms. The van der Waals surface area contributed by atoms with Crippen LogP contribution in [0, 0.1) is 13.8 Å². The van der Waals surface area contributed by atoms with Gasteiger partial charge in [-0.2, -0.15) is 0 Å². The highest BCUT2D eigenvalue weighted by molar-refractivity contribution is 6.04. The van der Waals surface area contributed by atoms with Gasteiger partial charge >= 0.3 is 0 Å². The van der Waals surface area contributed by atoms with E-state index in [9.17, 15) is 14.4 Å². The molecule has 0 aliphatic rings. The standard InChI is InChI=1S/C28H27N3O5/c1-19-12-13-22(16-20(19)2)31(25(32)18-30-27(33)24-11-7-15-36-24)26(21-8-4-3-5-9-21)28(34)29-17-23-10-6-14-35-23/h3-16,26H,17-18H2,1-2H3,(H,29,34)(H,30,33)/t26-/m0/s1. The van der Waals surface area contributed by atoms with Gasteiger partial charge < -0.3 is 19.5 Å². The Balaban J connectivity index is 1.68. The third-order valence-corrected chi connectivity index (χ3v) is 5.82. The summed E-state index contributed by atoms with van der Waals surface area (Å²) in [5.41, 5.74) is 3.18. The largest absolute Gasteiger partial charge is 0.467 e. The first-order chi connectivity index (χ1) is 17.4. The number of nitrogens with one attached hydrogen (secondary N) is 2. The highest BCUT2D eigenvalue weighted by Crippen LogP contribution is 2.29. The van der Waals surface area contributed by atoms with Crippen LogP contribution in [0.3, 0.4) is 0 Å². The zero-order chi connectivity index (χ0) is 25.5. The molecule has 2 aromatic carbocycles. The zero-order valence-corrected chi connectivity index (χ0v) is 20.1. The number of furan rings is 2. The minimum Gasteiger partial charge on any atom is -0.467 e. The molecule has 0 bridgehead atoms. The summed E-state index contributed by atoms with van der Waals surface area (Å²) in [4.78, 5) is 41.1. The van der Waals surface area contributed by atoms with Crippen molar-refractivity contribution >= 4 is 23.4 Å². The first-order valence-corrected chi connectivity index (χ1v) is 11.5. The van der Waals surface area contributed by atoms with Gasteiger partial charge in [0.25, 0.3) is 5.91 Å². The van der Waals surface area contributed by atoms with Crippen LogP contribution in [-0.2, 0) is 16.1 Å². The Hall–Kier alpha value is -4.59. The molecule has 2 heterocycles. The lowest BCUT2D eigenvalue weighted by Gasteiger charge is -2.32. The van der Waals surface area contributed by atoms with Gasteiger partial charge in [0.2, 0.25) is 11.8 Å². The zero-order valence-electron chi connectivity index (χ0n) is 20.1. The van der Waals surface area contributed by atoms with E-state index >= 15 is 0 Å². The van der Waals surface area contributed by atoms with Crippen molar-refractivity contribution < 1.29 is 23.2 Å². The molecule has 4 rings (SSSR count). The van der Waals surface area contributed by atoms with Crippen LogP contribution < -0.4 is 15.5 Å². The van der Waals surface area contributed by atoms with Crippen LogP contribution in [0.25, 0.3) is 0 Å². The van der Waals surface area contributed by atoms with Crippen molar-refractivity contribution in [3.8, 4) is 0 Å². The first kappa shape index (κ1) is 24.5. The van der Waals surface area contributed by atoms with Gasteiger partial charge in [-0.15, -0.1) is 0 Å². The lowest BCUT2D eigenvalue weighted by atomic mass is 10.0. The SMILES string of the molecule is Cc1ccc(N(C(=O)CNC(=O)c2ccco2)[C@H](C(=O)NCc2ccco2)c2ccccc2)cc1C. The fraction of sp³-hybridized carbons (Fsp3) is 0.179. The number of anilines is 1. The van der Waals surface area contributed by atoms with Gasteiger partial charge in [-0.25, -0.2) is 0 Å². The molecular weight excluding hydrogens is 458 g/mol. The molecule has 0 aliphatic heterocycles. The molecule has 4 aromatic rings. The van der Waals surface area contributed by atoms with Crippen molar-refractivity contribution in [3.05, 3.63) is 114 Å². The van der Waals surface area contributed by atoms with Crippen molar-refractivity contribution in [1.29, 1.82) is 0 Å². The summed E-state index contributed by atoms with van der Waals surface area (Å²) in [5.74, 6) is -0.685. The fourth-order valence-corrected chi connectivity index (χ4v) is 3.79. The summed E-state index contributed by atoms with van der Waals surface area (Å²) in [5, 5.41) is 5.46. The molecule has 0 saturated heterocycles. The predicted octanol–water partition coefficient (Wildman–Crippen LogP) is 4.31. The van der Waals surface area contributed by atoms with E-state index in [2.05, 4.69) is 10.6 Å². The minimum absolute atomic E-state index is 0.0938. The number of carbonyl (C=O) groups is 3. The molecule has 0 unspecified atom stereocenters. The van der Waals surface area contributed by atoms with Crippen LogP contribution in [0.4, 0.5) is 5.69 Å². The van der Waals surface area contributed by atoms with Gasteiger partial charge in [0.15, 0.2) is 5.76 Å². The second-order valence-corrected chi connectivity index (χ2v) is 8.30. The number of benzene rings is 2. The number of carbonyl (C=O) groups excluding carboxylic acids is 3. The van der Waals surface area contributed by atoms with Gasteiger partial charge in [0.1, 0.15) is 11.8 Å². The molecule has 2 aromatic heterocycles. The predicted molar refractivity (Wildman–Crippen MR) is 134 cm³/mol. The van der Waals surface area contributed by atoms with Crippen LogP contribution >= 0.6 is 0 Å². The van der Waals surface area contributed by atoms with E-state index in [0.717, 1.165) is 11.1 Å². The molecule has 3 amide bonds. The molecule has 2 N–H and O–H groups in total. The van der Waals surface area contributed by atoms with Crippen LogP contribution in [0.1, 0.15) is 39.0 Å². The van der Waals surface area contributed by atoms with Crippen molar-refractivity contribution in [1.82, 2.24) is 10.6 Å². The van der Waals surface area contributed by atoms with Crippen molar-refractivity contribution in [2.75, 3.05) is 11.4 Å².